The summed E-state index contributed by atoms with van der Waals surface area (Å²) in [5, 5.41) is 1.20. The second kappa shape index (κ2) is 4.75. The number of benzene rings is 1. The van der Waals surface area contributed by atoms with E-state index in [0.29, 0.717) is 16.9 Å². The molecule has 2 aliphatic rings. The standard InChI is InChI=1S/C21H26N4/c1-13-5-6-16-15(7-13)17-18(24-16)19(23-12-22-17)25-11-21(4)9-14(25)8-20(2,3)10-21/h5-7,12,14,24H,8-11H2,1-4H3/t14-,21+/m1/s1. The van der Waals surface area contributed by atoms with Crippen molar-refractivity contribution in [2.24, 2.45) is 10.8 Å². The third kappa shape index (κ3) is 2.26. The average molecular weight is 334 g/mol. The fraction of sp³-hybridized carbons (Fsp3) is 0.524. The minimum atomic E-state index is 0.395. The Balaban J connectivity index is 1.68. The van der Waals surface area contributed by atoms with E-state index in [1.54, 1.807) is 6.33 Å². The Labute approximate surface area is 148 Å². The zero-order valence-electron chi connectivity index (χ0n) is 15.6. The molecular formula is C21H26N4. The zero-order chi connectivity index (χ0) is 17.4. The summed E-state index contributed by atoms with van der Waals surface area (Å²) in [5.41, 5.74) is 5.37. The van der Waals surface area contributed by atoms with E-state index in [1.807, 2.05) is 0 Å². The Hall–Kier alpha value is -2.10. The van der Waals surface area contributed by atoms with E-state index in [2.05, 4.69) is 60.8 Å². The lowest BCUT2D eigenvalue weighted by molar-refractivity contribution is 0.136. The second-order valence-corrected chi connectivity index (χ2v) is 9.44. The molecule has 1 saturated carbocycles. The lowest BCUT2D eigenvalue weighted by Gasteiger charge is -2.39. The lowest BCUT2D eigenvalue weighted by Crippen LogP contribution is -2.35. The van der Waals surface area contributed by atoms with Crippen molar-refractivity contribution in [3.05, 3.63) is 30.1 Å². The number of hydrogen-bond acceptors (Lipinski definition) is 3. The molecule has 2 bridgehead atoms. The van der Waals surface area contributed by atoms with E-state index in [4.69, 9.17) is 4.98 Å². The number of nitrogens with zero attached hydrogens (tertiary/aromatic N) is 3. The maximum absolute atomic E-state index is 4.73. The van der Waals surface area contributed by atoms with Gasteiger partial charge in [-0.25, -0.2) is 9.97 Å². The Morgan fingerprint density at radius 3 is 2.84 bits per heavy atom. The predicted molar refractivity (Wildman–Crippen MR) is 103 cm³/mol. The Bertz CT molecular complexity index is 986. The fourth-order valence-corrected chi connectivity index (χ4v) is 5.72. The summed E-state index contributed by atoms with van der Waals surface area (Å²) in [6, 6.07) is 7.11. The first-order valence-electron chi connectivity index (χ1n) is 9.33. The fourth-order valence-electron chi connectivity index (χ4n) is 5.72. The van der Waals surface area contributed by atoms with Crippen molar-refractivity contribution in [3.63, 3.8) is 0 Å². The molecule has 4 heteroatoms. The van der Waals surface area contributed by atoms with Gasteiger partial charge in [-0.1, -0.05) is 32.4 Å². The van der Waals surface area contributed by atoms with Crippen molar-refractivity contribution >= 4 is 27.8 Å². The van der Waals surface area contributed by atoms with Gasteiger partial charge in [-0.2, -0.15) is 0 Å². The molecule has 1 aromatic carbocycles. The molecule has 1 aliphatic heterocycles. The van der Waals surface area contributed by atoms with Crippen LogP contribution in [0.5, 0.6) is 0 Å². The van der Waals surface area contributed by atoms with Gasteiger partial charge in [0.15, 0.2) is 5.82 Å². The summed E-state index contributed by atoms with van der Waals surface area (Å²) in [4.78, 5) is 15.5. The highest BCUT2D eigenvalue weighted by Crippen LogP contribution is 2.53. The van der Waals surface area contributed by atoms with Gasteiger partial charge in [-0.3, -0.25) is 0 Å². The van der Waals surface area contributed by atoms with Crippen LogP contribution in [0, 0.1) is 17.8 Å². The number of rotatable bonds is 1. The Kier molecular flexibility index (Phi) is 2.88. The van der Waals surface area contributed by atoms with Crippen molar-refractivity contribution in [2.75, 3.05) is 11.4 Å². The largest absolute Gasteiger partial charge is 0.351 e. The van der Waals surface area contributed by atoms with Crippen LogP contribution in [0.4, 0.5) is 5.82 Å². The monoisotopic (exact) mass is 334 g/mol. The van der Waals surface area contributed by atoms with E-state index in [9.17, 15) is 0 Å². The number of aryl methyl sites for hydroxylation is 1. The first kappa shape index (κ1) is 15.2. The molecule has 3 heterocycles. The van der Waals surface area contributed by atoms with Gasteiger partial charge in [0.25, 0.3) is 0 Å². The van der Waals surface area contributed by atoms with E-state index >= 15 is 0 Å². The van der Waals surface area contributed by atoms with Gasteiger partial charge in [-0.05, 0) is 49.1 Å². The van der Waals surface area contributed by atoms with Gasteiger partial charge >= 0.3 is 0 Å². The first-order valence-corrected chi connectivity index (χ1v) is 9.33. The molecule has 5 rings (SSSR count). The van der Waals surface area contributed by atoms with Crippen LogP contribution in [0.3, 0.4) is 0 Å². The normalized spacial score (nSPS) is 28.2. The number of fused-ring (bicyclic) bond motifs is 5. The van der Waals surface area contributed by atoms with Gasteiger partial charge in [0.05, 0.1) is 0 Å². The summed E-state index contributed by atoms with van der Waals surface area (Å²) >= 11 is 0. The molecule has 2 atom stereocenters. The minimum absolute atomic E-state index is 0.395. The van der Waals surface area contributed by atoms with Crippen LogP contribution >= 0.6 is 0 Å². The van der Waals surface area contributed by atoms with Crippen LogP contribution < -0.4 is 4.90 Å². The van der Waals surface area contributed by atoms with E-state index in [1.165, 1.54) is 30.2 Å². The number of anilines is 1. The molecule has 2 aromatic heterocycles. The molecule has 1 N–H and O–H groups in total. The number of nitrogens with one attached hydrogen (secondary N) is 1. The highest BCUT2D eigenvalue weighted by Gasteiger charge is 2.50. The molecule has 1 aliphatic carbocycles. The first-order chi connectivity index (χ1) is 11.8. The van der Waals surface area contributed by atoms with Crippen molar-refractivity contribution < 1.29 is 0 Å². The van der Waals surface area contributed by atoms with Crippen molar-refractivity contribution in [1.82, 2.24) is 15.0 Å². The van der Waals surface area contributed by atoms with Gasteiger partial charge in [0.2, 0.25) is 0 Å². The SMILES string of the molecule is Cc1ccc2[nH]c3c(N4C[C@@]5(C)C[C@H]4CC(C)(C)C5)ncnc3c2c1. The zero-order valence-corrected chi connectivity index (χ0v) is 15.6. The highest BCUT2D eigenvalue weighted by molar-refractivity contribution is 6.08. The van der Waals surface area contributed by atoms with E-state index in [0.717, 1.165) is 28.9 Å². The molecule has 3 aromatic rings. The van der Waals surface area contributed by atoms with Crippen LogP contribution in [0.25, 0.3) is 21.9 Å². The predicted octanol–water partition coefficient (Wildman–Crippen LogP) is 4.82. The quantitative estimate of drug-likeness (QED) is 0.693. The second-order valence-electron chi connectivity index (χ2n) is 9.44. The molecule has 1 saturated heterocycles. The van der Waals surface area contributed by atoms with Crippen molar-refractivity contribution in [2.45, 2.75) is 53.0 Å². The molecule has 0 amide bonds. The van der Waals surface area contributed by atoms with Crippen LogP contribution in [-0.4, -0.2) is 27.5 Å². The number of aromatic amines is 1. The third-order valence-corrected chi connectivity index (χ3v) is 6.20. The van der Waals surface area contributed by atoms with Gasteiger partial charge < -0.3 is 9.88 Å². The van der Waals surface area contributed by atoms with Crippen LogP contribution in [0.2, 0.25) is 0 Å². The Morgan fingerprint density at radius 1 is 1.16 bits per heavy atom. The van der Waals surface area contributed by atoms with Crippen LogP contribution in [0.15, 0.2) is 24.5 Å². The van der Waals surface area contributed by atoms with E-state index < -0.39 is 0 Å². The van der Waals surface area contributed by atoms with Crippen LogP contribution in [-0.2, 0) is 0 Å². The maximum Gasteiger partial charge on any atom is 0.156 e. The Morgan fingerprint density at radius 2 is 2.00 bits per heavy atom. The average Bonchev–Trinajstić information content (AvgIpc) is 3.00. The number of hydrogen-bond donors (Lipinski definition) is 1. The summed E-state index contributed by atoms with van der Waals surface area (Å²) in [6.45, 7) is 10.5. The molecule has 0 radical (unpaired) electrons. The third-order valence-electron chi connectivity index (χ3n) is 6.20. The summed E-state index contributed by atoms with van der Waals surface area (Å²) in [6.07, 6.45) is 5.56. The van der Waals surface area contributed by atoms with Gasteiger partial charge in [0.1, 0.15) is 17.4 Å². The topological polar surface area (TPSA) is 44.8 Å². The number of aromatic nitrogens is 3. The number of H-pyrrole nitrogens is 1. The summed E-state index contributed by atoms with van der Waals surface area (Å²) < 4.78 is 0. The van der Waals surface area contributed by atoms with Crippen molar-refractivity contribution in [1.29, 1.82) is 0 Å². The highest BCUT2D eigenvalue weighted by atomic mass is 15.3. The summed E-state index contributed by atoms with van der Waals surface area (Å²) in [7, 11) is 0. The maximum atomic E-state index is 4.73. The van der Waals surface area contributed by atoms with E-state index in [-0.39, 0.29) is 0 Å². The molecule has 0 unspecified atom stereocenters. The molecular weight excluding hydrogens is 308 g/mol. The van der Waals surface area contributed by atoms with Crippen molar-refractivity contribution in [3.8, 4) is 0 Å². The molecule has 4 nitrogen and oxygen atoms in total. The lowest BCUT2D eigenvalue weighted by atomic mass is 9.65. The summed E-state index contributed by atoms with van der Waals surface area (Å²) in [5.74, 6) is 1.09. The van der Waals surface area contributed by atoms with Crippen LogP contribution in [0.1, 0.15) is 45.6 Å². The van der Waals surface area contributed by atoms with Gasteiger partial charge in [0, 0.05) is 23.5 Å². The molecule has 130 valence electrons. The molecule has 0 spiro atoms. The smallest absolute Gasteiger partial charge is 0.156 e. The van der Waals surface area contributed by atoms with Gasteiger partial charge in [-0.15, -0.1) is 0 Å². The minimum Gasteiger partial charge on any atom is -0.351 e. The molecule has 2 fully saturated rings. The molecule has 25 heavy (non-hydrogen) atoms.